The number of phenolic OH excluding ortho intramolecular Hbond substituents is 1. The van der Waals surface area contributed by atoms with Crippen molar-refractivity contribution < 1.29 is 34.2 Å². The summed E-state index contributed by atoms with van der Waals surface area (Å²) in [6.45, 7) is 2.03. The molecule has 0 bridgehead atoms. The van der Waals surface area contributed by atoms with Crippen LogP contribution in [0.1, 0.15) is 63.4 Å². The fourth-order valence-electron chi connectivity index (χ4n) is 6.15. The molecule has 0 aromatic heterocycles. The molecule has 3 fully saturated rings. The van der Waals surface area contributed by atoms with E-state index in [-0.39, 0.29) is 48.1 Å². The van der Waals surface area contributed by atoms with Crippen LogP contribution in [-0.4, -0.2) is 87.4 Å². The summed E-state index contributed by atoms with van der Waals surface area (Å²) in [4.78, 5) is 65.9. The number of carbonyl (C=O) groups excluding carboxylic acids is 4. The number of hydrogen-bond donors (Lipinski definition) is 5. The van der Waals surface area contributed by atoms with E-state index < -0.39 is 35.4 Å². The van der Waals surface area contributed by atoms with E-state index in [1.165, 1.54) is 23.6 Å². The topological polar surface area (TPSA) is 165 Å². The third-order valence-corrected chi connectivity index (χ3v) is 9.50. The highest BCUT2D eigenvalue weighted by molar-refractivity contribution is 7.99. The van der Waals surface area contributed by atoms with Crippen molar-refractivity contribution >= 4 is 41.4 Å². The van der Waals surface area contributed by atoms with Crippen LogP contribution in [0.5, 0.6) is 5.75 Å². The molecule has 40 heavy (non-hydrogen) atoms. The second-order valence-electron chi connectivity index (χ2n) is 11.0. The molecule has 2 unspecified atom stereocenters. The second-order valence-corrected chi connectivity index (χ2v) is 12.1. The van der Waals surface area contributed by atoms with Gasteiger partial charge in [-0.05, 0) is 55.6 Å². The first-order chi connectivity index (χ1) is 19.1. The van der Waals surface area contributed by atoms with Gasteiger partial charge in [0.15, 0.2) is 0 Å². The zero-order valence-electron chi connectivity index (χ0n) is 22.7. The first kappa shape index (κ1) is 29.7. The van der Waals surface area contributed by atoms with Crippen molar-refractivity contribution in [1.29, 1.82) is 0 Å². The quantitative estimate of drug-likeness (QED) is 0.360. The molecule has 2 heterocycles. The highest BCUT2D eigenvalue weighted by Gasteiger charge is 2.44. The molecule has 1 saturated carbocycles. The van der Waals surface area contributed by atoms with Gasteiger partial charge in [-0.2, -0.15) is 11.8 Å². The number of aromatic hydroxyl groups is 1. The Morgan fingerprint density at radius 2 is 1.77 bits per heavy atom. The number of aliphatic carboxylic acids is 1. The van der Waals surface area contributed by atoms with E-state index in [0.29, 0.717) is 38.0 Å². The van der Waals surface area contributed by atoms with Gasteiger partial charge in [-0.1, -0.05) is 25.0 Å². The van der Waals surface area contributed by atoms with Gasteiger partial charge in [0.05, 0.1) is 5.41 Å². The van der Waals surface area contributed by atoms with Crippen LogP contribution in [-0.2, 0) is 24.0 Å². The van der Waals surface area contributed by atoms with Gasteiger partial charge in [0.25, 0.3) is 0 Å². The lowest BCUT2D eigenvalue weighted by Gasteiger charge is -2.30. The minimum absolute atomic E-state index is 0.103. The summed E-state index contributed by atoms with van der Waals surface area (Å²) in [7, 11) is 0. The molecule has 3 aliphatic rings. The van der Waals surface area contributed by atoms with Gasteiger partial charge in [0, 0.05) is 31.7 Å². The number of carboxylic acid groups (broad SMARTS) is 1. The first-order valence-corrected chi connectivity index (χ1v) is 15.0. The number of rotatable bonds is 4. The lowest BCUT2D eigenvalue weighted by molar-refractivity contribution is -0.143. The molecule has 0 radical (unpaired) electrons. The Kier molecular flexibility index (Phi) is 9.60. The van der Waals surface area contributed by atoms with E-state index in [2.05, 4.69) is 16.0 Å². The van der Waals surface area contributed by atoms with Crippen molar-refractivity contribution in [2.75, 3.05) is 24.6 Å². The fourth-order valence-corrected chi connectivity index (χ4v) is 7.18. The fraction of sp³-hybridized carbons (Fsp3) is 0.607. The van der Waals surface area contributed by atoms with Crippen LogP contribution in [0.15, 0.2) is 24.3 Å². The molecular formula is C28H38N4O7S. The third kappa shape index (κ3) is 6.71. The molecule has 2 aliphatic heterocycles. The van der Waals surface area contributed by atoms with Crippen LogP contribution in [0.2, 0.25) is 0 Å². The molecule has 1 aromatic rings. The van der Waals surface area contributed by atoms with Gasteiger partial charge in [-0.3, -0.25) is 19.2 Å². The lowest BCUT2D eigenvalue weighted by Crippen LogP contribution is -2.54. The Bertz CT molecular complexity index is 1120. The summed E-state index contributed by atoms with van der Waals surface area (Å²) in [6, 6.07) is 3.82. The number of thioether (sulfide) groups is 1. The SMILES string of the molecule is CC(=O)N1CCC(c2ccc(O)cc2)C1C(=O)N[C@H]1CCSC[C@@H](C(=O)O)NC(=O)C2(CCCC2)CCNC1=O. The number of phenols is 1. The molecule has 218 valence electrons. The standard InChI is InChI=1S/C28H38N4O7S/c1-17(33)32-14-8-20(18-4-6-19(34)7-5-18)23(32)25(36)30-21-9-15-40-16-22(26(37)38)31-27(39)28(10-2-3-11-28)12-13-29-24(21)35/h4-7,20-23,34H,2-3,8-16H2,1H3,(H,29,35)(H,30,36)(H,31,39)(H,37,38)/t20?,21-,22-,23?/m0/s1. The minimum Gasteiger partial charge on any atom is -0.508 e. The average molecular weight is 575 g/mol. The number of likely N-dealkylation sites (tertiary alicyclic amines) is 1. The largest absolute Gasteiger partial charge is 0.508 e. The van der Waals surface area contributed by atoms with Gasteiger partial charge in [0.2, 0.25) is 23.6 Å². The zero-order valence-corrected chi connectivity index (χ0v) is 23.5. The number of nitrogens with one attached hydrogen (secondary N) is 3. The molecule has 11 nitrogen and oxygen atoms in total. The number of benzene rings is 1. The maximum Gasteiger partial charge on any atom is 0.327 e. The van der Waals surface area contributed by atoms with Gasteiger partial charge in [-0.25, -0.2) is 4.79 Å². The highest BCUT2D eigenvalue weighted by atomic mass is 32.2. The van der Waals surface area contributed by atoms with Crippen molar-refractivity contribution in [2.24, 2.45) is 5.41 Å². The molecule has 1 spiro atoms. The van der Waals surface area contributed by atoms with Gasteiger partial charge >= 0.3 is 5.97 Å². The summed E-state index contributed by atoms with van der Waals surface area (Å²) in [5.41, 5.74) is 0.0946. The van der Waals surface area contributed by atoms with Gasteiger partial charge in [0.1, 0.15) is 23.9 Å². The lowest BCUT2D eigenvalue weighted by atomic mass is 9.81. The van der Waals surface area contributed by atoms with E-state index in [1.54, 1.807) is 24.3 Å². The van der Waals surface area contributed by atoms with Gasteiger partial charge in [-0.15, -0.1) is 0 Å². The van der Waals surface area contributed by atoms with E-state index in [0.717, 1.165) is 18.4 Å². The van der Waals surface area contributed by atoms with E-state index in [9.17, 15) is 34.2 Å². The molecule has 1 aromatic carbocycles. The van der Waals surface area contributed by atoms with E-state index in [1.807, 2.05) is 0 Å². The summed E-state index contributed by atoms with van der Waals surface area (Å²) < 4.78 is 0. The Balaban J connectivity index is 1.52. The Morgan fingerprint density at radius 1 is 1.07 bits per heavy atom. The number of nitrogens with zero attached hydrogens (tertiary/aromatic N) is 1. The maximum atomic E-state index is 13.7. The van der Waals surface area contributed by atoms with Gasteiger partial charge < -0.3 is 31.1 Å². The number of carbonyl (C=O) groups is 5. The maximum absolute atomic E-state index is 13.7. The molecule has 5 N–H and O–H groups in total. The summed E-state index contributed by atoms with van der Waals surface area (Å²) in [5.74, 6) is -2.10. The van der Waals surface area contributed by atoms with Crippen molar-refractivity contribution in [2.45, 2.75) is 75.9 Å². The zero-order chi connectivity index (χ0) is 28.9. The molecular weight excluding hydrogens is 536 g/mol. The Morgan fingerprint density at radius 3 is 2.42 bits per heavy atom. The summed E-state index contributed by atoms with van der Waals surface area (Å²) >= 11 is 1.30. The van der Waals surface area contributed by atoms with Crippen LogP contribution in [0.4, 0.5) is 0 Å². The monoisotopic (exact) mass is 574 g/mol. The van der Waals surface area contributed by atoms with Crippen LogP contribution < -0.4 is 16.0 Å². The van der Waals surface area contributed by atoms with Crippen molar-refractivity contribution in [1.82, 2.24) is 20.9 Å². The average Bonchev–Trinajstić information content (AvgIpc) is 3.58. The van der Waals surface area contributed by atoms with Crippen LogP contribution >= 0.6 is 11.8 Å². The molecule has 2 saturated heterocycles. The molecule has 4 amide bonds. The Hall–Kier alpha value is -3.28. The first-order valence-electron chi connectivity index (χ1n) is 13.9. The molecule has 1 aliphatic carbocycles. The second kappa shape index (κ2) is 12.9. The van der Waals surface area contributed by atoms with Crippen molar-refractivity contribution in [3.05, 3.63) is 29.8 Å². The smallest absolute Gasteiger partial charge is 0.327 e. The molecule has 12 heteroatoms. The summed E-state index contributed by atoms with van der Waals surface area (Å²) in [5, 5.41) is 27.9. The number of amides is 4. The van der Waals surface area contributed by atoms with E-state index >= 15 is 0 Å². The molecule has 4 rings (SSSR count). The van der Waals surface area contributed by atoms with Crippen LogP contribution in [0.25, 0.3) is 0 Å². The summed E-state index contributed by atoms with van der Waals surface area (Å²) in [6.07, 6.45) is 4.20. The molecule has 4 atom stereocenters. The predicted octanol–water partition coefficient (Wildman–Crippen LogP) is 1.35. The number of carboxylic acids is 1. The highest BCUT2D eigenvalue weighted by Crippen LogP contribution is 2.41. The van der Waals surface area contributed by atoms with E-state index in [4.69, 9.17) is 0 Å². The predicted molar refractivity (Wildman–Crippen MR) is 149 cm³/mol. The van der Waals surface area contributed by atoms with Crippen LogP contribution in [0.3, 0.4) is 0 Å². The normalized spacial score (nSPS) is 27.6. The Labute approximate surface area is 237 Å². The number of hydrogen-bond acceptors (Lipinski definition) is 7. The van der Waals surface area contributed by atoms with Crippen molar-refractivity contribution in [3.8, 4) is 5.75 Å². The minimum atomic E-state index is -1.10. The third-order valence-electron chi connectivity index (χ3n) is 8.41. The van der Waals surface area contributed by atoms with Crippen LogP contribution in [0, 0.1) is 5.41 Å². The van der Waals surface area contributed by atoms with Crippen molar-refractivity contribution in [3.63, 3.8) is 0 Å².